The predicted octanol–water partition coefficient (Wildman–Crippen LogP) is 3.97. The molecule has 1 aromatic rings. The first-order valence-corrected chi connectivity index (χ1v) is 10.9. The lowest BCUT2D eigenvalue weighted by Crippen LogP contribution is -2.52. The molecule has 5 heteroatoms. The summed E-state index contributed by atoms with van der Waals surface area (Å²) < 4.78 is 18.0. The maximum Gasteiger partial charge on any atom is 0.166 e. The highest BCUT2D eigenvalue weighted by Crippen LogP contribution is 2.45. The zero-order chi connectivity index (χ0) is 21.2. The zero-order valence-corrected chi connectivity index (χ0v) is 18.3. The summed E-state index contributed by atoms with van der Waals surface area (Å²) in [7, 11) is 0. The molecular weight excluding hydrogens is 368 g/mol. The fourth-order valence-corrected chi connectivity index (χ4v) is 4.77. The summed E-state index contributed by atoms with van der Waals surface area (Å²) in [5.41, 5.74) is 1.09. The van der Waals surface area contributed by atoms with Crippen molar-refractivity contribution in [3.63, 3.8) is 0 Å². The van der Waals surface area contributed by atoms with Crippen LogP contribution in [-0.2, 0) is 25.6 Å². The lowest BCUT2D eigenvalue weighted by molar-refractivity contribution is -0.308. The van der Waals surface area contributed by atoms with Crippen molar-refractivity contribution < 1.29 is 24.1 Å². The number of hydrogen-bond acceptors (Lipinski definition) is 5. The first kappa shape index (κ1) is 22.4. The summed E-state index contributed by atoms with van der Waals surface area (Å²) in [6.45, 7) is 10.6. The maximum absolute atomic E-state index is 12.9. The summed E-state index contributed by atoms with van der Waals surface area (Å²) in [5.74, 6) is -1.20. The minimum Gasteiger partial charge on any atom is -0.392 e. The number of Topliss-reactive ketones (excluding diaryl/α,β-unsaturated/α-hetero) is 1. The van der Waals surface area contributed by atoms with Crippen LogP contribution < -0.4 is 0 Å². The van der Waals surface area contributed by atoms with Crippen molar-refractivity contribution in [2.45, 2.75) is 78.2 Å². The number of benzene rings is 1. The van der Waals surface area contributed by atoms with Gasteiger partial charge in [0, 0.05) is 30.1 Å². The van der Waals surface area contributed by atoms with Gasteiger partial charge in [-0.1, -0.05) is 58.0 Å². The smallest absolute Gasteiger partial charge is 0.166 e. The number of aliphatic hydroxyl groups excluding tert-OH is 1. The number of ether oxygens (including phenoxy) is 3. The molecule has 29 heavy (non-hydrogen) atoms. The molecule has 1 aromatic carbocycles. The van der Waals surface area contributed by atoms with Gasteiger partial charge in [-0.15, -0.1) is 0 Å². The Morgan fingerprint density at radius 1 is 1.24 bits per heavy atom. The Bertz CT molecular complexity index is 677. The SMILES string of the molecule is C[C@H]([C@H](O)[C@H](C)C(=O)[C@@H](C)COCc1ccccc1)[C@@H]1O[C@@]2(C)CC[C@H](O2)[C@H]1C. The standard InChI is InChI=1S/C24H36O5/c1-15(13-27-14-19-9-7-6-8-10-19)21(25)17(3)22(26)18(4)23-16(2)20-11-12-24(5,28-20)29-23/h6-10,15-18,20,22-23,26H,11-14H2,1-5H3/t15-,16+,17+,18+,20-,22+,23+,24-/m0/s1. The number of carbonyl (C=O) groups is 1. The molecule has 2 aliphatic rings. The minimum absolute atomic E-state index is 0.0336. The molecule has 3 rings (SSSR count). The summed E-state index contributed by atoms with van der Waals surface area (Å²) in [6.07, 6.45) is 1.17. The van der Waals surface area contributed by atoms with Gasteiger partial charge in [-0.05, 0) is 18.9 Å². The fraction of sp³-hybridized carbons (Fsp3) is 0.708. The molecule has 0 saturated carbocycles. The van der Waals surface area contributed by atoms with Gasteiger partial charge in [0.2, 0.25) is 0 Å². The van der Waals surface area contributed by atoms with Crippen LogP contribution in [0.3, 0.4) is 0 Å². The molecule has 2 fully saturated rings. The van der Waals surface area contributed by atoms with E-state index in [4.69, 9.17) is 14.2 Å². The molecule has 0 unspecified atom stereocenters. The second kappa shape index (κ2) is 9.25. The average Bonchev–Trinajstić information content (AvgIpc) is 3.06. The van der Waals surface area contributed by atoms with Crippen molar-refractivity contribution in [2.24, 2.45) is 23.7 Å². The Hall–Kier alpha value is -1.27. The maximum atomic E-state index is 12.9. The second-order valence-corrected chi connectivity index (χ2v) is 9.21. The van der Waals surface area contributed by atoms with Gasteiger partial charge in [0.25, 0.3) is 0 Å². The predicted molar refractivity (Wildman–Crippen MR) is 111 cm³/mol. The quantitative estimate of drug-likeness (QED) is 0.675. The minimum atomic E-state index is -0.757. The van der Waals surface area contributed by atoms with Crippen molar-refractivity contribution in [1.82, 2.24) is 0 Å². The van der Waals surface area contributed by atoms with Crippen LogP contribution in [0.4, 0.5) is 0 Å². The van der Waals surface area contributed by atoms with Crippen LogP contribution in [0, 0.1) is 23.7 Å². The highest BCUT2D eigenvalue weighted by Gasteiger charge is 2.51. The van der Waals surface area contributed by atoms with Crippen LogP contribution in [0.15, 0.2) is 30.3 Å². The monoisotopic (exact) mass is 404 g/mol. The number of aliphatic hydroxyl groups is 1. The van der Waals surface area contributed by atoms with E-state index < -0.39 is 17.8 Å². The molecular formula is C24H36O5. The Kier molecular flexibility index (Phi) is 7.15. The third kappa shape index (κ3) is 5.08. The van der Waals surface area contributed by atoms with E-state index in [0.717, 1.165) is 18.4 Å². The van der Waals surface area contributed by atoms with E-state index >= 15 is 0 Å². The van der Waals surface area contributed by atoms with Gasteiger partial charge in [-0.2, -0.15) is 0 Å². The van der Waals surface area contributed by atoms with Crippen LogP contribution in [0.25, 0.3) is 0 Å². The normalized spacial score (nSPS) is 33.1. The third-order valence-electron chi connectivity index (χ3n) is 6.76. The molecule has 162 valence electrons. The van der Waals surface area contributed by atoms with Gasteiger partial charge in [0.05, 0.1) is 31.5 Å². The fourth-order valence-electron chi connectivity index (χ4n) is 4.77. The van der Waals surface area contributed by atoms with Gasteiger partial charge in [-0.3, -0.25) is 4.79 Å². The molecule has 0 radical (unpaired) electrons. The van der Waals surface area contributed by atoms with Crippen molar-refractivity contribution in [2.75, 3.05) is 6.61 Å². The van der Waals surface area contributed by atoms with Crippen molar-refractivity contribution in [3.05, 3.63) is 35.9 Å². The molecule has 0 aliphatic carbocycles. The lowest BCUT2D eigenvalue weighted by atomic mass is 9.79. The van der Waals surface area contributed by atoms with Crippen LogP contribution in [0.1, 0.15) is 53.0 Å². The van der Waals surface area contributed by atoms with E-state index in [1.807, 2.05) is 58.0 Å². The van der Waals surface area contributed by atoms with E-state index in [-0.39, 0.29) is 35.7 Å². The van der Waals surface area contributed by atoms with Crippen LogP contribution in [0.5, 0.6) is 0 Å². The molecule has 5 nitrogen and oxygen atoms in total. The Balaban J connectivity index is 1.52. The molecule has 2 aliphatic heterocycles. The van der Waals surface area contributed by atoms with Crippen LogP contribution in [-0.4, -0.2) is 41.6 Å². The number of rotatable bonds is 9. The number of ketones is 1. The van der Waals surface area contributed by atoms with Gasteiger partial charge in [0.15, 0.2) is 5.79 Å². The molecule has 1 N–H and O–H groups in total. The average molecular weight is 405 g/mol. The van der Waals surface area contributed by atoms with E-state index in [9.17, 15) is 9.90 Å². The van der Waals surface area contributed by atoms with Gasteiger partial charge in [-0.25, -0.2) is 0 Å². The highest BCUT2D eigenvalue weighted by molar-refractivity contribution is 5.83. The van der Waals surface area contributed by atoms with E-state index in [2.05, 4.69) is 6.92 Å². The lowest BCUT2D eigenvalue weighted by Gasteiger charge is -2.44. The third-order valence-corrected chi connectivity index (χ3v) is 6.76. The first-order chi connectivity index (χ1) is 13.7. The van der Waals surface area contributed by atoms with Gasteiger partial charge in [0.1, 0.15) is 5.78 Å². The molecule has 0 spiro atoms. The van der Waals surface area contributed by atoms with Gasteiger partial charge < -0.3 is 19.3 Å². The Morgan fingerprint density at radius 3 is 2.62 bits per heavy atom. The molecule has 0 amide bonds. The molecule has 0 aromatic heterocycles. The summed E-state index contributed by atoms with van der Waals surface area (Å²) >= 11 is 0. The van der Waals surface area contributed by atoms with E-state index in [1.165, 1.54) is 0 Å². The zero-order valence-electron chi connectivity index (χ0n) is 18.3. The van der Waals surface area contributed by atoms with Crippen molar-refractivity contribution in [1.29, 1.82) is 0 Å². The number of fused-ring (bicyclic) bond motifs is 2. The summed E-state index contributed by atoms with van der Waals surface area (Å²) in [5, 5.41) is 11.0. The van der Waals surface area contributed by atoms with E-state index in [1.54, 1.807) is 0 Å². The Morgan fingerprint density at radius 2 is 1.93 bits per heavy atom. The number of hydrogen-bond donors (Lipinski definition) is 1. The molecule has 8 atom stereocenters. The topological polar surface area (TPSA) is 65.0 Å². The molecule has 2 saturated heterocycles. The first-order valence-electron chi connectivity index (χ1n) is 10.9. The highest BCUT2D eigenvalue weighted by atomic mass is 16.7. The molecule has 2 heterocycles. The van der Waals surface area contributed by atoms with Gasteiger partial charge >= 0.3 is 0 Å². The second-order valence-electron chi connectivity index (χ2n) is 9.21. The largest absolute Gasteiger partial charge is 0.392 e. The number of carbonyl (C=O) groups excluding carboxylic acids is 1. The van der Waals surface area contributed by atoms with Crippen molar-refractivity contribution in [3.8, 4) is 0 Å². The Labute approximate surface area is 174 Å². The van der Waals surface area contributed by atoms with Crippen molar-refractivity contribution >= 4 is 5.78 Å². The summed E-state index contributed by atoms with van der Waals surface area (Å²) in [6, 6.07) is 9.92. The summed E-state index contributed by atoms with van der Waals surface area (Å²) in [4.78, 5) is 12.9. The van der Waals surface area contributed by atoms with Crippen LogP contribution >= 0.6 is 0 Å². The molecule has 2 bridgehead atoms. The van der Waals surface area contributed by atoms with Crippen LogP contribution in [0.2, 0.25) is 0 Å². The van der Waals surface area contributed by atoms with E-state index in [0.29, 0.717) is 13.2 Å².